The van der Waals surface area contributed by atoms with Crippen LogP contribution >= 0.6 is 15.9 Å². The average molecular weight is 375 g/mol. The Morgan fingerprint density at radius 3 is 2.74 bits per heavy atom. The molecular formula is C17H15BrN2O3. The minimum Gasteiger partial charge on any atom is -0.479 e. The third kappa shape index (κ3) is 2.94. The summed E-state index contributed by atoms with van der Waals surface area (Å²) in [6, 6.07) is 12.4. The number of amides is 2. The molecule has 0 bridgehead atoms. The summed E-state index contributed by atoms with van der Waals surface area (Å²) in [5, 5.41) is 2.83. The van der Waals surface area contributed by atoms with E-state index < -0.39 is 6.10 Å². The first kappa shape index (κ1) is 15.6. The number of fused-ring (bicyclic) bond motifs is 1. The normalized spacial score (nSPS) is 16.6. The molecule has 0 fully saturated rings. The minimum absolute atomic E-state index is 0.119. The van der Waals surface area contributed by atoms with Gasteiger partial charge in [-0.05, 0) is 53.2 Å². The smallest absolute Gasteiger partial charge is 0.267 e. The molecule has 23 heavy (non-hydrogen) atoms. The van der Waals surface area contributed by atoms with Crippen molar-refractivity contribution >= 4 is 39.1 Å². The van der Waals surface area contributed by atoms with Gasteiger partial charge in [0.05, 0.1) is 11.3 Å². The number of hydrogen-bond acceptors (Lipinski definition) is 3. The Labute approximate surface area is 142 Å². The number of carbonyl (C=O) groups excluding carboxylic acids is 2. The second-order valence-electron chi connectivity index (χ2n) is 5.27. The molecule has 2 aromatic carbocycles. The van der Waals surface area contributed by atoms with Gasteiger partial charge >= 0.3 is 0 Å². The maximum absolute atomic E-state index is 12.3. The zero-order valence-corrected chi connectivity index (χ0v) is 14.3. The van der Waals surface area contributed by atoms with Crippen molar-refractivity contribution in [1.29, 1.82) is 0 Å². The van der Waals surface area contributed by atoms with Crippen LogP contribution in [0.15, 0.2) is 46.9 Å². The monoisotopic (exact) mass is 374 g/mol. The molecule has 1 unspecified atom stereocenters. The molecule has 1 heterocycles. The fourth-order valence-corrected chi connectivity index (χ4v) is 2.90. The molecule has 6 heteroatoms. The predicted octanol–water partition coefficient (Wildman–Crippen LogP) is 3.45. The topological polar surface area (TPSA) is 58.6 Å². The highest BCUT2D eigenvalue weighted by Crippen LogP contribution is 2.35. The number of carbonyl (C=O) groups is 2. The number of likely N-dealkylation sites (N-methyl/N-ethyl adjacent to an activating group) is 1. The van der Waals surface area contributed by atoms with E-state index in [-0.39, 0.29) is 11.8 Å². The van der Waals surface area contributed by atoms with Crippen LogP contribution in [-0.2, 0) is 4.79 Å². The van der Waals surface area contributed by atoms with Gasteiger partial charge in [-0.3, -0.25) is 9.59 Å². The number of nitrogens with zero attached hydrogens (tertiary/aromatic N) is 1. The van der Waals surface area contributed by atoms with Crippen molar-refractivity contribution in [3.05, 3.63) is 52.5 Å². The second kappa shape index (κ2) is 6.04. The van der Waals surface area contributed by atoms with Gasteiger partial charge < -0.3 is 15.0 Å². The lowest BCUT2D eigenvalue weighted by Gasteiger charge is -2.30. The van der Waals surface area contributed by atoms with Crippen molar-refractivity contribution in [2.45, 2.75) is 13.0 Å². The Balaban J connectivity index is 1.87. The summed E-state index contributed by atoms with van der Waals surface area (Å²) < 4.78 is 6.29. The second-order valence-corrected chi connectivity index (χ2v) is 6.13. The Bertz CT molecular complexity index is 791. The maximum Gasteiger partial charge on any atom is 0.267 e. The van der Waals surface area contributed by atoms with Crippen LogP contribution in [-0.4, -0.2) is 25.0 Å². The van der Waals surface area contributed by atoms with E-state index in [9.17, 15) is 9.59 Å². The first-order valence-corrected chi connectivity index (χ1v) is 7.91. The lowest BCUT2D eigenvalue weighted by atomic mass is 10.1. The number of ether oxygens (including phenoxy) is 1. The van der Waals surface area contributed by atoms with Gasteiger partial charge in [0, 0.05) is 17.2 Å². The SMILES string of the molecule is CC1Oc2ccc(NC(=O)c3ccccc3Br)cc2N(C)C1=O. The van der Waals surface area contributed by atoms with Gasteiger partial charge in [0.15, 0.2) is 6.10 Å². The van der Waals surface area contributed by atoms with E-state index in [2.05, 4.69) is 21.2 Å². The Kier molecular flexibility index (Phi) is 4.09. The van der Waals surface area contributed by atoms with Crippen LogP contribution in [0.25, 0.3) is 0 Å². The summed E-state index contributed by atoms with van der Waals surface area (Å²) in [6.45, 7) is 1.71. The highest BCUT2D eigenvalue weighted by Gasteiger charge is 2.29. The van der Waals surface area contributed by atoms with Crippen LogP contribution in [0.3, 0.4) is 0 Å². The molecule has 0 spiro atoms. The van der Waals surface area contributed by atoms with E-state index in [0.717, 1.165) is 4.47 Å². The molecule has 5 nitrogen and oxygen atoms in total. The van der Waals surface area contributed by atoms with Gasteiger partial charge in [-0.1, -0.05) is 12.1 Å². The quantitative estimate of drug-likeness (QED) is 0.875. The number of benzene rings is 2. The molecule has 1 N–H and O–H groups in total. The molecule has 0 saturated heterocycles. The molecule has 1 aliphatic heterocycles. The van der Waals surface area contributed by atoms with E-state index in [4.69, 9.17) is 4.74 Å². The molecular weight excluding hydrogens is 360 g/mol. The number of hydrogen-bond donors (Lipinski definition) is 1. The van der Waals surface area contributed by atoms with Crippen LogP contribution in [0.4, 0.5) is 11.4 Å². The van der Waals surface area contributed by atoms with E-state index in [1.54, 1.807) is 44.3 Å². The molecule has 2 aromatic rings. The van der Waals surface area contributed by atoms with E-state index >= 15 is 0 Å². The molecule has 0 aliphatic carbocycles. The van der Waals surface area contributed by atoms with Gasteiger partial charge in [-0.15, -0.1) is 0 Å². The van der Waals surface area contributed by atoms with Crippen LogP contribution < -0.4 is 15.0 Å². The third-order valence-electron chi connectivity index (χ3n) is 3.68. The maximum atomic E-state index is 12.3. The molecule has 0 saturated carbocycles. The van der Waals surface area contributed by atoms with E-state index in [1.165, 1.54) is 4.90 Å². The highest BCUT2D eigenvalue weighted by atomic mass is 79.9. The summed E-state index contributed by atoms with van der Waals surface area (Å²) in [5.74, 6) is 0.279. The average Bonchev–Trinajstić information content (AvgIpc) is 2.54. The summed E-state index contributed by atoms with van der Waals surface area (Å²) in [6.07, 6.45) is -0.506. The Morgan fingerprint density at radius 2 is 2.00 bits per heavy atom. The molecule has 3 rings (SSSR count). The summed E-state index contributed by atoms with van der Waals surface area (Å²) in [5.41, 5.74) is 1.78. The molecule has 1 atom stereocenters. The number of anilines is 2. The molecule has 2 amide bonds. The van der Waals surface area contributed by atoms with Gasteiger partial charge in [-0.25, -0.2) is 0 Å². The van der Waals surface area contributed by atoms with Crippen molar-refractivity contribution in [3.63, 3.8) is 0 Å². The van der Waals surface area contributed by atoms with Gasteiger partial charge in [-0.2, -0.15) is 0 Å². The van der Waals surface area contributed by atoms with E-state index in [0.29, 0.717) is 22.7 Å². The Hall–Kier alpha value is -2.34. The first-order valence-electron chi connectivity index (χ1n) is 7.11. The molecule has 0 radical (unpaired) electrons. The fraction of sp³-hybridized carbons (Fsp3) is 0.176. The molecule has 118 valence electrons. The van der Waals surface area contributed by atoms with Crippen molar-refractivity contribution in [2.24, 2.45) is 0 Å². The highest BCUT2D eigenvalue weighted by molar-refractivity contribution is 9.10. The predicted molar refractivity (Wildman–Crippen MR) is 92.0 cm³/mol. The van der Waals surface area contributed by atoms with Crippen LogP contribution in [0.2, 0.25) is 0 Å². The largest absolute Gasteiger partial charge is 0.479 e. The lowest BCUT2D eigenvalue weighted by molar-refractivity contribution is -0.125. The van der Waals surface area contributed by atoms with Crippen LogP contribution in [0.1, 0.15) is 17.3 Å². The standard InChI is InChI=1S/C17H15BrN2O3/c1-10-17(22)20(2)14-9-11(7-8-15(14)23-10)19-16(21)12-5-3-4-6-13(12)18/h3-10H,1-2H3,(H,19,21). The van der Waals surface area contributed by atoms with Crippen molar-refractivity contribution in [2.75, 3.05) is 17.3 Å². The third-order valence-corrected chi connectivity index (χ3v) is 4.37. The van der Waals surface area contributed by atoms with E-state index in [1.807, 2.05) is 12.1 Å². The first-order chi connectivity index (χ1) is 11.0. The minimum atomic E-state index is -0.506. The van der Waals surface area contributed by atoms with Crippen LogP contribution in [0, 0.1) is 0 Å². The zero-order valence-electron chi connectivity index (χ0n) is 12.7. The number of nitrogens with one attached hydrogen (secondary N) is 1. The van der Waals surface area contributed by atoms with Gasteiger partial charge in [0.2, 0.25) is 0 Å². The fourth-order valence-electron chi connectivity index (χ4n) is 2.43. The lowest BCUT2D eigenvalue weighted by Crippen LogP contribution is -2.41. The number of halogens is 1. The number of rotatable bonds is 2. The van der Waals surface area contributed by atoms with Crippen molar-refractivity contribution in [1.82, 2.24) is 0 Å². The van der Waals surface area contributed by atoms with Gasteiger partial charge in [0.1, 0.15) is 5.75 Å². The van der Waals surface area contributed by atoms with Crippen LogP contribution in [0.5, 0.6) is 5.75 Å². The summed E-state index contributed by atoms with van der Waals surface area (Å²) in [7, 11) is 1.69. The zero-order chi connectivity index (χ0) is 16.6. The summed E-state index contributed by atoms with van der Waals surface area (Å²) >= 11 is 3.36. The van der Waals surface area contributed by atoms with Crippen molar-refractivity contribution < 1.29 is 14.3 Å². The molecule has 1 aliphatic rings. The summed E-state index contributed by atoms with van der Waals surface area (Å²) in [4.78, 5) is 25.9. The Morgan fingerprint density at radius 1 is 1.26 bits per heavy atom. The van der Waals surface area contributed by atoms with Crippen molar-refractivity contribution in [3.8, 4) is 5.75 Å². The molecule has 0 aromatic heterocycles. The van der Waals surface area contributed by atoms with Gasteiger partial charge in [0.25, 0.3) is 11.8 Å².